The first-order valence-corrected chi connectivity index (χ1v) is 19.2. The number of quaternary nitrogens is 1. The Labute approximate surface area is 302 Å². The SMILES string of the molecule is O=S(=O)([O-])CC[N+](CCS(=O)(=O)[O-])(CP(c1ccccc1)c1ccccc1)CP(c1ccccc1)c1ccccc1.[Na+].[Na+]. The van der Waals surface area contributed by atoms with Crippen LogP contribution < -0.4 is 80.3 Å². The normalized spacial score (nSPS) is 12.0. The van der Waals surface area contributed by atoms with Crippen molar-refractivity contribution in [2.24, 2.45) is 0 Å². The van der Waals surface area contributed by atoms with Crippen LogP contribution in [0.25, 0.3) is 0 Å². The number of benzene rings is 4. The molecule has 4 aromatic carbocycles. The molecule has 0 atom stereocenters. The van der Waals surface area contributed by atoms with Crippen LogP contribution in [0.5, 0.6) is 0 Å². The van der Waals surface area contributed by atoms with Gasteiger partial charge in [-0.15, -0.1) is 0 Å². The smallest absolute Gasteiger partial charge is 0.748 e. The number of rotatable bonds is 14. The van der Waals surface area contributed by atoms with Crippen molar-refractivity contribution in [1.29, 1.82) is 0 Å². The summed E-state index contributed by atoms with van der Waals surface area (Å²) in [5.41, 5.74) is 0. The van der Waals surface area contributed by atoms with Gasteiger partial charge in [-0.3, -0.25) is 0 Å². The maximum atomic E-state index is 12.0. The summed E-state index contributed by atoms with van der Waals surface area (Å²) in [4.78, 5) is 0. The zero-order chi connectivity index (χ0) is 29.3. The molecule has 0 saturated carbocycles. The third kappa shape index (κ3) is 12.7. The molecule has 0 aliphatic carbocycles. The first kappa shape index (κ1) is 38.7. The molecule has 0 aromatic heterocycles. The van der Waals surface area contributed by atoms with Gasteiger partial charge in [0.15, 0.2) is 0 Å². The molecule has 0 aliphatic rings. The number of nitrogens with zero attached hydrogens (tertiary/aromatic N) is 1. The van der Waals surface area contributed by atoms with E-state index in [1.165, 1.54) is 0 Å². The van der Waals surface area contributed by atoms with Gasteiger partial charge in [-0.1, -0.05) is 121 Å². The van der Waals surface area contributed by atoms with E-state index in [4.69, 9.17) is 0 Å². The van der Waals surface area contributed by atoms with Gasteiger partial charge in [0, 0.05) is 15.8 Å². The van der Waals surface area contributed by atoms with Gasteiger partial charge in [0.05, 0.1) is 24.6 Å². The van der Waals surface area contributed by atoms with Gasteiger partial charge in [0.1, 0.15) is 32.8 Å². The van der Waals surface area contributed by atoms with Crippen molar-refractivity contribution >= 4 is 57.3 Å². The number of hydrogen-bond acceptors (Lipinski definition) is 6. The second kappa shape index (κ2) is 18.0. The fraction of sp³-hybridized carbons (Fsp3) is 0.200. The van der Waals surface area contributed by atoms with Gasteiger partial charge < -0.3 is 13.6 Å². The van der Waals surface area contributed by atoms with Crippen LogP contribution in [0.15, 0.2) is 121 Å². The van der Waals surface area contributed by atoms with Crippen LogP contribution in [0.4, 0.5) is 0 Å². The summed E-state index contributed by atoms with van der Waals surface area (Å²) in [6.45, 7) is -0.198. The fourth-order valence-corrected chi connectivity index (χ4v) is 11.4. The topological polar surface area (TPSA) is 114 Å². The third-order valence-corrected chi connectivity index (χ3v) is 13.6. The van der Waals surface area contributed by atoms with Crippen LogP contribution >= 0.6 is 15.8 Å². The Morgan fingerprint density at radius 1 is 0.465 bits per heavy atom. The largest absolute Gasteiger partial charge is 1.00 e. The van der Waals surface area contributed by atoms with Crippen molar-refractivity contribution in [1.82, 2.24) is 0 Å². The predicted molar refractivity (Wildman–Crippen MR) is 167 cm³/mol. The minimum absolute atomic E-state index is 0. The van der Waals surface area contributed by atoms with E-state index in [-0.39, 0.29) is 76.7 Å². The van der Waals surface area contributed by atoms with Crippen LogP contribution in [-0.2, 0) is 20.2 Å². The minimum Gasteiger partial charge on any atom is -0.748 e. The molecular weight excluding hydrogens is 642 g/mol. The molecule has 4 rings (SSSR count). The monoisotopic (exact) mass is 674 g/mol. The van der Waals surface area contributed by atoms with E-state index in [0.29, 0.717) is 12.6 Å². The molecule has 0 unspecified atom stereocenters. The van der Waals surface area contributed by atoms with Crippen molar-refractivity contribution in [3.8, 4) is 0 Å². The van der Waals surface area contributed by atoms with Crippen LogP contribution in [0, 0.1) is 0 Å². The molecule has 13 heteroatoms. The Morgan fingerprint density at radius 3 is 0.907 bits per heavy atom. The van der Waals surface area contributed by atoms with Crippen molar-refractivity contribution in [2.75, 3.05) is 37.2 Å². The van der Waals surface area contributed by atoms with E-state index in [1.807, 2.05) is 121 Å². The van der Waals surface area contributed by atoms with Gasteiger partial charge in [-0.25, -0.2) is 16.8 Å². The van der Waals surface area contributed by atoms with Gasteiger partial charge >= 0.3 is 59.1 Å². The molecular formula is C30H32NNa2O6P2S2+. The van der Waals surface area contributed by atoms with Gasteiger partial charge in [-0.05, 0) is 21.2 Å². The zero-order valence-corrected chi connectivity index (χ0v) is 31.8. The van der Waals surface area contributed by atoms with Crippen molar-refractivity contribution in [3.05, 3.63) is 121 Å². The fourth-order valence-electron chi connectivity index (χ4n) is 4.71. The van der Waals surface area contributed by atoms with E-state index in [9.17, 15) is 25.9 Å². The van der Waals surface area contributed by atoms with Gasteiger partial charge in [0.25, 0.3) is 0 Å². The van der Waals surface area contributed by atoms with Gasteiger partial charge in [0.2, 0.25) is 0 Å². The third-order valence-electron chi connectivity index (χ3n) is 6.79. The molecule has 0 saturated heterocycles. The van der Waals surface area contributed by atoms with Gasteiger partial charge in [-0.2, -0.15) is 0 Å². The van der Waals surface area contributed by atoms with E-state index >= 15 is 0 Å². The Kier molecular flexibility index (Phi) is 16.2. The molecule has 0 fully saturated rings. The standard InChI is InChI=1S/C30H33NO6P2S2.2Na/c32-40(33,34)23-21-31(22-24-41(35,36)37,25-38(27-13-5-1-6-14-27)28-15-7-2-8-16-28)26-39(29-17-9-3-10-18-29)30-19-11-4-12-20-30;;/h1-20H,21-26H2,(H-,32,33,34,35,36,37);;/q;2*+1/p-1. The average Bonchev–Trinajstić information content (AvgIpc) is 2.97. The first-order chi connectivity index (χ1) is 19.5. The zero-order valence-electron chi connectivity index (χ0n) is 24.4. The summed E-state index contributed by atoms with van der Waals surface area (Å²) in [6.07, 6.45) is 0.736. The molecule has 0 aliphatic heterocycles. The predicted octanol–water partition coefficient (Wildman–Crippen LogP) is -2.92. The summed E-state index contributed by atoms with van der Waals surface area (Å²) >= 11 is 0. The summed E-state index contributed by atoms with van der Waals surface area (Å²) in [5, 5.41) is 4.15. The van der Waals surface area contributed by atoms with E-state index in [1.54, 1.807) is 0 Å². The maximum Gasteiger partial charge on any atom is 1.00 e. The van der Waals surface area contributed by atoms with E-state index in [0.717, 1.165) is 21.2 Å². The van der Waals surface area contributed by atoms with E-state index < -0.39 is 47.6 Å². The molecule has 43 heavy (non-hydrogen) atoms. The second-order valence-electron chi connectivity index (χ2n) is 9.79. The summed E-state index contributed by atoms with van der Waals surface area (Å²) in [6, 6.07) is 39.3. The Balaban J connectivity index is 0.00000323. The van der Waals surface area contributed by atoms with Crippen molar-refractivity contribution in [3.63, 3.8) is 0 Å². The van der Waals surface area contributed by atoms with Crippen molar-refractivity contribution in [2.45, 2.75) is 0 Å². The summed E-state index contributed by atoms with van der Waals surface area (Å²) in [5.74, 6) is -1.32. The molecule has 0 spiro atoms. The second-order valence-corrected chi connectivity index (χ2v) is 17.2. The maximum absolute atomic E-state index is 12.0. The van der Waals surface area contributed by atoms with Crippen LogP contribution in [0.2, 0.25) is 0 Å². The molecule has 0 radical (unpaired) electrons. The van der Waals surface area contributed by atoms with E-state index in [2.05, 4.69) is 0 Å². The first-order valence-electron chi connectivity index (χ1n) is 13.0. The molecule has 0 bridgehead atoms. The quantitative estimate of drug-likeness (QED) is 0.0614. The Morgan fingerprint density at radius 2 is 0.698 bits per heavy atom. The number of hydrogen-bond donors (Lipinski definition) is 0. The minimum atomic E-state index is -4.62. The molecule has 0 heterocycles. The van der Waals surface area contributed by atoms with Crippen LogP contribution in [0.1, 0.15) is 0 Å². The molecule has 4 aromatic rings. The van der Waals surface area contributed by atoms with Crippen molar-refractivity contribution < 1.29 is 89.5 Å². The Hall–Kier alpha value is -0.480. The molecule has 7 nitrogen and oxygen atoms in total. The molecule has 0 amide bonds. The van der Waals surface area contributed by atoms with Crippen LogP contribution in [-0.4, -0.2) is 67.6 Å². The average molecular weight is 675 g/mol. The Bertz CT molecular complexity index is 1400. The molecule has 0 N–H and O–H groups in total. The molecule has 216 valence electrons. The summed E-state index contributed by atoms with van der Waals surface area (Å²) < 4.78 is 72.0. The van der Waals surface area contributed by atoms with Crippen LogP contribution in [0.3, 0.4) is 0 Å². The summed E-state index contributed by atoms with van der Waals surface area (Å²) in [7, 11) is -11.5.